The topological polar surface area (TPSA) is 44.9 Å². The van der Waals surface area contributed by atoms with Crippen LogP contribution in [0.5, 0.6) is 0 Å². The van der Waals surface area contributed by atoms with E-state index in [1.165, 1.54) is 17.7 Å². The average molecular weight is 394 g/mol. The van der Waals surface area contributed by atoms with Crippen LogP contribution >= 0.6 is 35.3 Å². The minimum atomic E-state index is 0. The summed E-state index contributed by atoms with van der Waals surface area (Å²) >= 11 is 1.77. The van der Waals surface area contributed by atoms with Crippen molar-refractivity contribution in [2.75, 3.05) is 27.7 Å². The van der Waals surface area contributed by atoms with E-state index in [2.05, 4.69) is 46.4 Å². The van der Waals surface area contributed by atoms with Crippen LogP contribution in [0, 0.1) is 0 Å². The Morgan fingerprint density at radius 1 is 1.47 bits per heavy atom. The van der Waals surface area contributed by atoms with Crippen molar-refractivity contribution in [3.05, 3.63) is 22.4 Å². The molecule has 108 valence electrons. The van der Waals surface area contributed by atoms with Crippen LogP contribution in [0.3, 0.4) is 0 Å². The standard InChI is InChI=1S/C13H22N4S.HI/c1-16(2)11(12-5-4-8-18-12)9-15-13(14)17(3)10-6-7-10;/h4-5,8,10-11H,6-7,9H2,1-3H3,(H2,14,15);1H. The zero-order valence-electron chi connectivity index (χ0n) is 11.7. The van der Waals surface area contributed by atoms with E-state index in [1.54, 1.807) is 11.3 Å². The maximum absolute atomic E-state index is 6.02. The molecule has 19 heavy (non-hydrogen) atoms. The number of guanidine groups is 1. The number of thiophene rings is 1. The van der Waals surface area contributed by atoms with Crippen LogP contribution in [0.2, 0.25) is 0 Å². The van der Waals surface area contributed by atoms with Gasteiger partial charge in [-0.15, -0.1) is 35.3 Å². The fourth-order valence-corrected chi connectivity index (χ4v) is 2.84. The van der Waals surface area contributed by atoms with E-state index in [9.17, 15) is 0 Å². The predicted octanol–water partition coefficient (Wildman–Crippen LogP) is 2.38. The molecule has 0 aliphatic heterocycles. The van der Waals surface area contributed by atoms with Crippen LogP contribution in [-0.2, 0) is 0 Å². The quantitative estimate of drug-likeness (QED) is 0.474. The molecule has 1 aliphatic carbocycles. The summed E-state index contributed by atoms with van der Waals surface area (Å²) in [5, 5.41) is 2.11. The van der Waals surface area contributed by atoms with Gasteiger partial charge < -0.3 is 15.5 Å². The van der Waals surface area contributed by atoms with E-state index in [0.29, 0.717) is 18.0 Å². The SMILES string of the molecule is CN(C)C(CN=C(N)N(C)C1CC1)c1cccs1.I. The van der Waals surface area contributed by atoms with E-state index in [-0.39, 0.29) is 24.0 Å². The van der Waals surface area contributed by atoms with Crippen LogP contribution < -0.4 is 5.73 Å². The van der Waals surface area contributed by atoms with Gasteiger partial charge >= 0.3 is 0 Å². The second-order valence-corrected chi connectivity index (χ2v) is 6.02. The van der Waals surface area contributed by atoms with Gasteiger partial charge in [-0.2, -0.15) is 0 Å². The maximum atomic E-state index is 6.02. The van der Waals surface area contributed by atoms with E-state index in [4.69, 9.17) is 5.73 Å². The van der Waals surface area contributed by atoms with Crippen LogP contribution in [0.1, 0.15) is 23.8 Å². The normalized spacial score (nSPS) is 17.2. The Kier molecular flexibility index (Phi) is 6.55. The summed E-state index contributed by atoms with van der Waals surface area (Å²) in [4.78, 5) is 10.2. The molecule has 4 nitrogen and oxygen atoms in total. The minimum Gasteiger partial charge on any atom is -0.370 e. The first-order valence-electron chi connectivity index (χ1n) is 6.32. The Morgan fingerprint density at radius 2 is 2.16 bits per heavy atom. The third-order valence-corrected chi connectivity index (χ3v) is 4.35. The van der Waals surface area contributed by atoms with Crippen molar-refractivity contribution >= 4 is 41.3 Å². The Hall–Kier alpha value is -0.340. The highest BCUT2D eigenvalue weighted by atomic mass is 127. The second-order valence-electron chi connectivity index (χ2n) is 5.04. The molecule has 6 heteroatoms. The summed E-state index contributed by atoms with van der Waals surface area (Å²) in [5.74, 6) is 0.668. The highest BCUT2D eigenvalue weighted by Crippen LogP contribution is 2.26. The first-order valence-corrected chi connectivity index (χ1v) is 7.20. The van der Waals surface area contributed by atoms with Crippen molar-refractivity contribution in [3.63, 3.8) is 0 Å². The van der Waals surface area contributed by atoms with Gasteiger partial charge in [0.1, 0.15) is 0 Å². The van der Waals surface area contributed by atoms with Gasteiger partial charge in [-0.1, -0.05) is 6.07 Å². The molecular weight excluding hydrogens is 371 g/mol. The molecule has 1 aliphatic rings. The van der Waals surface area contributed by atoms with Crippen molar-refractivity contribution in [3.8, 4) is 0 Å². The largest absolute Gasteiger partial charge is 0.370 e. The number of rotatable bonds is 5. The van der Waals surface area contributed by atoms with E-state index >= 15 is 0 Å². The highest BCUT2D eigenvalue weighted by Gasteiger charge is 2.27. The van der Waals surface area contributed by atoms with Crippen molar-refractivity contribution in [2.45, 2.75) is 24.9 Å². The van der Waals surface area contributed by atoms with Crippen molar-refractivity contribution in [2.24, 2.45) is 10.7 Å². The second kappa shape index (κ2) is 7.44. The molecule has 0 aromatic carbocycles. The number of aliphatic imine (C=N–C) groups is 1. The molecule has 1 unspecified atom stereocenters. The molecule has 0 amide bonds. The zero-order valence-corrected chi connectivity index (χ0v) is 14.9. The number of nitrogens with two attached hydrogens (primary N) is 1. The molecule has 1 aromatic rings. The lowest BCUT2D eigenvalue weighted by Crippen LogP contribution is -2.36. The van der Waals surface area contributed by atoms with Crippen LogP contribution in [0.25, 0.3) is 0 Å². The number of hydrogen-bond acceptors (Lipinski definition) is 3. The van der Waals surface area contributed by atoms with Crippen LogP contribution in [-0.4, -0.2) is 49.5 Å². The number of hydrogen-bond donors (Lipinski definition) is 1. The number of halogens is 1. The molecule has 0 bridgehead atoms. The molecule has 0 spiro atoms. The van der Waals surface area contributed by atoms with Crippen LogP contribution in [0.15, 0.2) is 22.5 Å². The summed E-state index contributed by atoms with van der Waals surface area (Å²) in [6, 6.07) is 5.18. The van der Waals surface area contributed by atoms with Gasteiger partial charge in [0.15, 0.2) is 5.96 Å². The minimum absolute atomic E-state index is 0. The zero-order chi connectivity index (χ0) is 13.1. The smallest absolute Gasteiger partial charge is 0.191 e. The van der Waals surface area contributed by atoms with Crippen molar-refractivity contribution in [1.82, 2.24) is 9.80 Å². The molecule has 1 heterocycles. The first kappa shape index (κ1) is 16.7. The Balaban J connectivity index is 0.00000180. The summed E-state index contributed by atoms with van der Waals surface area (Å²) in [5.41, 5.74) is 6.02. The molecule has 2 N–H and O–H groups in total. The first-order chi connectivity index (χ1) is 8.59. The molecule has 1 saturated carbocycles. The van der Waals surface area contributed by atoms with Gasteiger partial charge in [0.2, 0.25) is 0 Å². The van der Waals surface area contributed by atoms with E-state index in [1.807, 2.05) is 7.05 Å². The van der Waals surface area contributed by atoms with E-state index in [0.717, 1.165) is 6.54 Å². The highest BCUT2D eigenvalue weighted by molar-refractivity contribution is 14.0. The fourth-order valence-electron chi connectivity index (χ4n) is 1.93. The molecule has 0 saturated heterocycles. The molecule has 1 aromatic heterocycles. The third-order valence-electron chi connectivity index (χ3n) is 3.38. The summed E-state index contributed by atoms with van der Waals surface area (Å²) in [6.07, 6.45) is 2.49. The lowest BCUT2D eigenvalue weighted by Gasteiger charge is -2.23. The summed E-state index contributed by atoms with van der Waals surface area (Å²) in [7, 11) is 6.20. The molecule has 2 rings (SSSR count). The lowest BCUT2D eigenvalue weighted by atomic mass is 10.2. The monoisotopic (exact) mass is 394 g/mol. The Labute approximate surface area is 136 Å². The van der Waals surface area contributed by atoms with E-state index < -0.39 is 0 Å². The van der Waals surface area contributed by atoms with Gasteiger partial charge in [-0.25, -0.2) is 0 Å². The van der Waals surface area contributed by atoms with Crippen LogP contribution in [0.4, 0.5) is 0 Å². The van der Waals surface area contributed by atoms with Gasteiger partial charge in [-0.05, 0) is 38.4 Å². The molecule has 1 fully saturated rings. The summed E-state index contributed by atoms with van der Waals surface area (Å²) in [6.45, 7) is 0.719. The molecular formula is C13H23IN4S. The van der Waals surface area contributed by atoms with Gasteiger partial charge in [-0.3, -0.25) is 4.99 Å². The molecule has 0 radical (unpaired) electrons. The van der Waals surface area contributed by atoms with Gasteiger partial charge in [0, 0.05) is 18.0 Å². The number of likely N-dealkylation sites (N-methyl/N-ethyl adjacent to an activating group) is 1. The Morgan fingerprint density at radius 3 is 2.63 bits per heavy atom. The van der Waals surface area contributed by atoms with Gasteiger partial charge in [0.05, 0.1) is 12.6 Å². The Bertz CT molecular complexity index is 401. The lowest BCUT2D eigenvalue weighted by molar-refractivity contribution is 0.309. The summed E-state index contributed by atoms with van der Waals surface area (Å²) < 4.78 is 0. The van der Waals surface area contributed by atoms with Crippen molar-refractivity contribution in [1.29, 1.82) is 0 Å². The number of nitrogens with zero attached hydrogens (tertiary/aromatic N) is 3. The van der Waals surface area contributed by atoms with Crippen molar-refractivity contribution < 1.29 is 0 Å². The molecule has 1 atom stereocenters. The maximum Gasteiger partial charge on any atom is 0.191 e. The average Bonchev–Trinajstić information content (AvgIpc) is 3.05. The third kappa shape index (κ3) is 4.61. The van der Waals surface area contributed by atoms with Gasteiger partial charge in [0.25, 0.3) is 0 Å². The fraction of sp³-hybridized carbons (Fsp3) is 0.615. The predicted molar refractivity (Wildman–Crippen MR) is 93.4 cm³/mol.